The van der Waals surface area contributed by atoms with Gasteiger partial charge in [-0.25, -0.2) is 0 Å². The predicted octanol–water partition coefficient (Wildman–Crippen LogP) is 2.99. The molecule has 0 amide bonds. The summed E-state index contributed by atoms with van der Waals surface area (Å²) in [4.78, 5) is 11.8. The van der Waals surface area contributed by atoms with Gasteiger partial charge in [0.1, 0.15) is 11.5 Å². The van der Waals surface area contributed by atoms with Crippen LogP contribution in [0.5, 0.6) is 11.5 Å². The average molecular weight is 240 g/mol. The zero-order chi connectivity index (χ0) is 13.0. The molecule has 3 nitrogen and oxygen atoms in total. The Morgan fingerprint density at radius 3 is 2.28 bits per heavy atom. The first-order valence-electron chi connectivity index (χ1n) is 5.46. The summed E-state index contributed by atoms with van der Waals surface area (Å²) in [5.41, 5.74) is 1.07. The van der Waals surface area contributed by atoms with E-state index in [1.54, 1.807) is 42.5 Å². The zero-order valence-electron chi connectivity index (χ0n) is 9.58. The predicted molar refractivity (Wildman–Crippen MR) is 69.6 cm³/mol. The van der Waals surface area contributed by atoms with Crippen molar-refractivity contribution in [1.29, 1.82) is 0 Å². The molecule has 0 bridgehead atoms. The second-order valence-corrected chi connectivity index (χ2v) is 3.80. The number of ketones is 1. The van der Waals surface area contributed by atoms with Gasteiger partial charge in [0.05, 0.1) is 0 Å². The maximum atomic E-state index is 11.8. The van der Waals surface area contributed by atoms with Gasteiger partial charge >= 0.3 is 0 Å². The minimum absolute atomic E-state index is 0.122. The minimum Gasteiger partial charge on any atom is -0.508 e. The fraction of sp³-hybridized carbons (Fsp3) is 0. The third kappa shape index (κ3) is 2.77. The largest absolute Gasteiger partial charge is 0.508 e. The SMILES string of the molecule is O=C(/C=C\c1ccccc1O)c1ccc(O)cc1. The van der Waals surface area contributed by atoms with Gasteiger partial charge in [-0.15, -0.1) is 0 Å². The molecular weight excluding hydrogens is 228 g/mol. The lowest BCUT2D eigenvalue weighted by molar-refractivity contribution is 0.104. The van der Waals surface area contributed by atoms with E-state index in [4.69, 9.17) is 5.11 Å². The van der Waals surface area contributed by atoms with Gasteiger partial charge in [0.25, 0.3) is 0 Å². The number of hydrogen-bond donors (Lipinski definition) is 2. The number of benzene rings is 2. The Morgan fingerprint density at radius 1 is 0.944 bits per heavy atom. The van der Waals surface area contributed by atoms with Crippen molar-refractivity contribution < 1.29 is 15.0 Å². The second-order valence-electron chi connectivity index (χ2n) is 3.80. The number of phenolic OH excluding ortho intramolecular Hbond substituents is 2. The van der Waals surface area contributed by atoms with Crippen molar-refractivity contribution >= 4 is 11.9 Å². The Kier molecular flexibility index (Phi) is 3.44. The summed E-state index contributed by atoms with van der Waals surface area (Å²) in [5, 5.41) is 18.7. The van der Waals surface area contributed by atoms with Gasteiger partial charge in [0.15, 0.2) is 5.78 Å². The Balaban J connectivity index is 2.17. The first-order valence-corrected chi connectivity index (χ1v) is 5.46. The molecule has 90 valence electrons. The molecule has 2 rings (SSSR count). The molecule has 0 saturated heterocycles. The topological polar surface area (TPSA) is 57.5 Å². The monoisotopic (exact) mass is 240 g/mol. The van der Waals surface area contributed by atoms with Gasteiger partial charge < -0.3 is 10.2 Å². The molecule has 0 aliphatic heterocycles. The summed E-state index contributed by atoms with van der Waals surface area (Å²) >= 11 is 0. The van der Waals surface area contributed by atoms with Crippen LogP contribution in [0.25, 0.3) is 6.08 Å². The van der Waals surface area contributed by atoms with Gasteiger partial charge in [-0.1, -0.05) is 18.2 Å². The van der Waals surface area contributed by atoms with Gasteiger partial charge in [-0.2, -0.15) is 0 Å². The Bertz CT molecular complexity index is 583. The van der Waals surface area contributed by atoms with Gasteiger partial charge in [-0.3, -0.25) is 4.79 Å². The van der Waals surface area contributed by atoms with Gasteiger partial charge in [0.2, 0.25) is 0 Å². The van der Waals surface area contributed by atoms with Crippen molar-refractivity contribution in [3.63, 3.8) is 0 Å². The van der Waals surface area contributed by atoms with Crippen molar-refractivity contribution in [3.05, 3.63) is 65.7 Å². The van der Waals surface area contributed by atoms with E-state index in [9.17, 15) is 9.90 Å². The Hall–Kier alpha value is -2.55. The van der Waals surface area contributed by atoms with E-state index < -0.39 is 0 Å². The fourth-order valence-corrected chi connectivity index (χ4v) is 1.52. The van der Waals surface area contributed by atoms with E-state index in [1.807, 2.05) is 0 Å². The number of para-hydroxylation sites is 1. The van der Waals surface area contributed by atoms with E-state index in [1.165, 1.54) is 18.2 Å². The first-order chi connectivity index (χ1) is 8.66. The first kappa shape index (κ1) is 11.9. The molecule has 0 radical (unpaired) electrons. The van der Waals surface area contributed by atoms with E-state index >= 15 is 0 Å². The van der Waals surface area contributed by atoms with Crippen LogP contribution in [0.4, 0.5) is 0 Å². The molecule has 0 aromatic heterocycles. The molecule has 2 N–H and O–H groups in total. The Labute approximate surface area is 105 Å². The summed E-state index contributed by atoms with van der Waals surface area (Å²) < 4.78 is 0. The van der Waals surface area contributed by atoms with Crippen LogP contribution in [-0.2, 0) is 0 Å². The normalized spacial score (nSPS) is 10.7. The smallest absolute Gasteiger partial charge is 0.185 e. The summed E-state index contributed by atoms with van der Waals surface area (Å²) in [5.74, 6) is 0.0711. The highest BCUT2D eigenvalue weighted by Crippen LogP contribution is 2.17. The molecule has 0 aliphatic carbocycles. The van der Waals surface area contributed by atoms with Crippen LogP contribution in [0.2, 0.25) is 0 Å². The van der Waals surface area contributed by atoms with Crippen LogP contribution in [0.3, 0.4) is 0 Å². The maximum absolute atomic E-state index is 11.8. The van der Waals surface area contributed by atoms with Crippen LogP contribution < -0.4 is 0 Å². The molecule has 0 aliphatic rings. The fourth-order valence-electron chi connectivity index (χ4n) is 1.52. The second kappa shape index (κ2) is 5.19. The lowest BCUT2D eigenvalue weighted by Gasteiger charge is -1.98. The van der Waals surface area contributed by atoms with Crippen molar-refractivity contribution in [2.24, 2.45) is 0 Å². The number of carbonyl (C=O) groups is 1. The van der Waals surface area contributed by atoms with Crippen LogP contribution in [0, 0.1) is 0 Å². The van der Waals surface area contributed by atoms with E-state index in [-0.39, 0.29) is 17.3 Å². The number of aromatic hydroxyl groups is 2. The van der Waals surface area contributed by atoms with Crippen LogP contribution >= 0.6 is 0 Å². The summed E-state index contributed by atoms with van der Waals surface area (Å²) in [6.45, 7) is 0. The molecule has 0 atom stereocenters. The van der Waals surface area contributed by atoms with Gasteiger partial charge in [0, 0.05) is 11.1 Å². The van der Waals surface area contributed by atoms with Crippen molar-refractivity contribution in [3.8, 4) is 11.5 Å². The molecule has 0 unspecified atom stereocenters. The number of rotatable bonds is 3. The highest BCUT2D eigenvalue weighted by molar-refractivity contribution is 6.06. The van der Waals surface area contributed by atoms with Crippen LogP contribution in [0.1, 0.15) is 15.9 Å². The van der Waals surface area contributed by atoms with E-state index in [0.29, 0.717) is 11.1 Å². The summed E-state index contributed by atoms with van der Waals surface area (Å²) in [6.07, 6.45) is 2.95. The highest BCUT2D eigenvalue weighted by atomic mass is 16.3. The quantitative estimate of drug-likeness (QED) is 0.640. The minimum atomic E-state index is -0.182. The van der Waals surface area contributed by atoms with Crippen LogP contribution in [-0.4, -0.2) is 16.0 Å². The van der Waals surface area contributed by atoms with E-state index in [0.717, 1.165) is 0 Å². The lowest BCUT2D eigenvalue weighted by atomic mass is 10.1. The number of phenols is 2. The van der Waals surface area contributed by atoms with E-state index in [2.05, 4.69) is 0 Å². The maximum Gasteiger partial charge on any atom is 0.185 e. The molecule has 2 aromatic rings. The molecule has 0 spiro atoms. The average Bonchev–Trinajstić information content (AvgIpc) is 2.38. The van der Waals surface area contributed by atoms with Crippen molar-refractivity contribution in [2.45, 2.75) is 0 Å². The molecule has 0 heterocycles. The van der Waals surface area contributed by atoms with Crippen molar-refractivity contribution in [2.75, 3.05) is 0 Å². The molecule has 0 saturated carbocycles. The molecule has 2 aromatic carbocycles. The molecule has 3 heteroatoms. The molecule has 18 heavy (non-hydrogen) atoms. The zero-order valence-corrected chi connectivity index (χ0v) is 9.58. The number of carbonyl (C=O) groups excluding carboxylic acids is 1. The number of hydrogen-bond acceptors (Lipinski definition) is 3. The summed E-state index contributed by atoms with van der Waals surface area (Å²) in [6, 6.07) is 12.8. The van der Waals surface area contributed by atoms with Crippen molar-refractivity contribution in [1.82, 2.24) is 0 Å². The van der Waals surface area contributed by atoms with Crippen LogP contribution in [0.15, 0.2) is 54.6 Å². The Morgan fingerprint density at radius 2 is 1.61 bits per heavy atom. The van der Waals surface area contributed by atoms with Gasteiger partial charge in [-0.05, 0) is 42.5 Å². The highest BCUT2D eigenvalue weighted by Gasteiger charge is 2.02. The molecular formula is C15H12O3. The third-order valence-electron chi connectivity index (χ3n) is 2.50. The number of allylic oxidation sites excluding steroid dienone is 1. The third-order valence-corrected chi connectivity index (χ3v) is 2.50. The standard InChI is InChI=1S/C15H12O3/c16-13-8-5-12(6-9-13)15(18)10-7-11-3-1-2-4-14(11)17/h1-10,16-17H/b10-7-. The molecule has 0 fully saturated rings. The summed E-state index contributed by atoms with van der Waals surface area (Å²) in [7, 11) is 0. The lowest BCUT2D eigenvalue weighted by Crippen LogP contribution is -1.92.